The molecule has 3 nitrogen and oxygen atoms in total. The van der Waals surface area contributed by atoms with Crippen LogP contribution in [0.25, 0.3) is 0 Å². The summed E-state index contributed by atoms with van der Waals surface area (Å²) in [7, 11) is 0. The van der Waals surface area contributed by atoms with Gasteiger partial charge in [0.1, 0.15) is 5.82 Å². The number of hydrogen-bond acceptors (Lipinski definition) is 3. The quantitative estimate of drug-likeness (QED) is 0.901. The minimum Gasteiger partial charge on any atom is -0.388 e. The minimum absolute atomic E-state index is 0.251. The first kappa shape index (κ1) is 15.4. The number of ether oxygens (including phenoxy) is 1. The SMILES string of the molecule is CCC1COC(C)CN1CCC(O)c1ccc(F)cc1. The van der Waals surface area contributed by atoms with Crippen LogP contribution in [-0.2, 0) is 4.74 Å². The molecule has 2 rings (SSSR count). The molecule has 1 saturated heterocycles. The smallest absolute Gasteiger partial charge is 0.123 e. The number of rotatable bonds is 5. The zero-order chi connectivity index (χ0) is 14.5. The van der Waals surface area contributed by atoms with Crippen molar-refractivity contribution in [1.29, 1.82) is 0 Å². The van der Waals surface area contributed by atoms with Crippen LogP contribution in [0.3, 0.4) is 0 Å². The maximum atomic E-state index is 12.9. The molecule has 0 bridgehead atoms. The molecule has 1 fully saturated rings. The molecule has 1 aliphatic rings. The second kappa shape index (κ2) is 7.16. The summed E-state index contributed by atoms with van der Waals surface area (Å²) in [5.74, 6) is -0.269. The number of benzene rings is 1. The van der Waals surface area contributed by atoms with Crippen LogP contribution in [-0.4, -0.2) is 41.8 Å². The van der Waals surface area contributed by atoms with Crippen molar-refractivity contribution in [3.05, 3.63) is 35.6 Å². The number of morpholine rings is 1. The predicted octanol–water partition coefficient (Wildman–Crippen LogP) is 2.75. The molecule has 1 heterocycles. The van der Waals surface area contributed by atoms with Crippen molar-refractivity contribution < 1.29 is 14.2 Å². The van der Waals surface area contributed by atoms with E-state index in [2.05, 4.69) is 18.7 Å². The molecule has 0 saturated carbocycles. The van der Waals surface area contributed by atoms with Crippen LogP contribution in [0.5, 0.6) is 0 Å². The van der Waals surface area contributed by atoms with Crippen molar-refractivity contribution in [3.8, 4) is 0 Å². The van der Waals surface area contributed by atoms with E-state index in [1.54, 1.807) is 12.1 Å². The molecule has 4 heteroatoms. The fourth-order valence-corrected chi connectivity index (χ4v) is 2.70. The molecule has 1 N–H and O–H groups in total. The molecule has 0 spiro atoms. The van der Waals surface area contributed by atoms with Gasteiger partial charge >= 0.3 is 0 Å². The van der Waals surface area contributed by atoms with E-state index in [9.17, 15) is 9.50 Å². The summed E-state index contributed by atoms with van der Waals surface area (Å²) in [6.45, 7) is 6.76. The molecule has 0 aromatic heterocycles. The van der Waals surface area contributed by atoms with Gasteiger partial charge < -0.3 is 9.84 Å². The van der Waals surface area contributed by atoms with Gasteiger partial charge in [-0.25, -0.2) is 4.39 Å². The van der Waals surface area contributed by atoms with Gasteiger partial charge in [-0.3, -0.25) is 4.90 Å². The molecule has 3 atom stereocenters. The lowest BCUT2D eigenvalue weighted by molar-refractivity contribution is -0.0591. The Hall–Kier alpha value is -0.970. The molecule has 3 unspecified atom stereocenters. The zero-order valence-corrected chi connectivity index (χ0v) is 12.3. The Labute approximate surface area is 120 Å². The third-order valence-electron chi connectivity index (χ3n) is 4.00. The van der Waals surface area contributed by atoms with E-state index < -0.39 is 6.10 Å². The molecule has 1 aromatic carbocycles. The number of hydrogen-bond donors (Lipinski definition) is 1. The topological polar surface area (TPSA) is 32.7 Å². The summed E-state index contributed by atoms with van der Waals surface area (Å²) in [5.41, 5.74) is 0.778. The monoisotopic (exact) mass is 281 g/mol. The molecule has 0 amide bonds. The van der Waals surface area contributed by atoms with Gasteiger partial charge in [-0.15, -0.1) is 0 Å². The van der Waals surface area contributed by atoms with Gasteiger partial charge in [-0.1, -0.05) is 19.1 Å². The number of halogens is 1. The van der Waals surface area contributed by atoms with Crippen molar-refractivity contribution >= 4 is 0 Å². The zero-order valence-electron chi connectivity index (χ0n) is 12.3. The summed E-state index contributed by atoms with van der Waals surface area (Å²) in [4.78, 5) is 2.39. The van der Waals surface area contributed by atoms with E-state index in [4.69, 9.17) is 4.74 Å². The Balaban J connectivity index is 1.88. The number of aliphatic hydroxyl groups excluding tert-OH is 1. The van der Waals surface area contributed by atoms with Crippen LogP contribution in [0.2, 0.25) is 0 Å². The lowest BCUT2D eigenvalue weighted by Gasteiger charge is -2.38. The molecule has 0 aliphatic carbocycles. The second-order valence-corrected chi connectivity index (χ2v) is 5.56. The standard InChI is InChI=1S/C16H24FNO2/c1-3-15-11-20-12(2)10-18(15)9-8-16(19)13-4-6-14(17)7-5-13/h4-7,12,15-16,19H,3,8-11H2,1-2H3. The van der Waals surface area contributed by atoms with Crippen LogP contribution in [0, 0.1) is 5.82 Å². The highest BCUT2D eigenvalue weighted by atomic mass is 19.1. The third-order valence-corrected chi connectivity index (χ3v) is 4.00. The highest BCUT2D eigenvalue weighted by Gasteiger charge is 2.25. The van der Waals surface area contributed by atoms with Gasteiger partial charge in [-0.05, 0) is 37.5 Å². The van der Waals surface area contributed by atoms with Gasteiger partial charge in [0, 0.05) is 19.1 Å². The first-order chi connectivity index (χ1) is 9.60. The third kappa shape index (κ3) is 4.01. The van der Waals surface area contributed by atoms with E-state index in [1.165, 1.54) is 12.1 Å². The average Bonchev–Trinajstić information content (AvgIpc) is 2.45. The maximum Gasteiger partial charge on any atom is 0.123 e. The summed E-state index contributed by atoms with van der Waals surface area (Å²) in [6.07, 6.45) is 1.43. The fraction of sp³-hybridized carbons (Fsp3) is 0.625. The van der Waals surface area contributed by atoms with Crippen LogP contribution in [0.4, 0.5) is 4.39 Å². The Kier molecular flexibility index (Phi) is 5.52. The highest BCUT2D eigenvalue weighted by Crippen LogP contribution is 2.20. The van der Waals surface area contributed by atoms with Gasteiger partial charge in [0.15, 0.2) is 0 Å². The van der Waals surface area contributed by atoms with Gasteiger partial charge in [0.2, 0.25) is 0 Å². The van der Waals surface area contributed by atoms with Gasteiger partial charge in [0.25, 0.3) is 0 Å². The molecule has 1 aromatic rings. The van der Waals surface area contributed by atoms with E-state index in [0.717, 1.165) is 31.7 Å². The Morgan fingerprint density at radius 2 is 2.10 bits per heavy atom. The Morgan fingerprint density at radius 1 is 1.40 bits per heavy atom. The average molecular weight is 281 g/mol. The van der Waals surface area contributed by atoms with E-state index in [-0.39, 0.29) is 11.9 Å². The predicted molar refractivity (Wildman–Crippen MR) is 77.0 cm³/mol. The summed E-state index contributed by atoms with van der Waals surface area (Å²) >= 11 is 0. The summed E-state index contributed by atoms with van der Waals surface area (Å²) in [6, 6.07) is 6.53. The van der Waals surface area contributed by atoms with Crippen LogP contribution >= 0.6 is 0 Å². The molecule has 112 valence electrons. The van der Waals surface area contributed by atoms with Crippen molar-refractivity contribution in [2.75, 3.05) is 19.7 Å². The molecule has 0 radical (unpaired) electrons. The van der Waals surface area contributed by atoms with Crippen molar-refractivity contribution in [1.82, 2.24) is 4.90 Å². The normalized spacial score (nSPS) is 25.6. The van der Waals surface area contributed by atoms with Crippen molar-refractivity contribution in [2.45, 2.75) is 44.9 Å². The summed E-state index contributed by atoms with van der Waals surface area (Å²) in [5, 5.41) is 10.2. The number of aliphatic hydroxyl groups is 1. The highest BCUT2D eigenvalue weighted by molar-refractivity contribution is 5.18. The van der Waals surface area contributed by atoms with Gasteiger partial charge in [-0.2, -0.15) is 0 Å². The maximum absolute atomic E-state index is 12.9. The lowest BCUT2D eigenvalue weighted by Crippen LogP contribution is -2.48. The van der Waals surface area contributed by atoms with Crippen molar-refractivity contribution in [2.24, 2.45) is 0 Å². The minimum atomic E-state index is -0.536. The van der Waals surface area contributed by atoms with Crippen LogP contribution < -0.4 is 0 Å². The van der Waals surface area contributed by atoms with Crippen LogP contribution in [0.15, 0.2) is 24.3 Å². The van der Waals surface area contributed by atoms with E-state index in [1.807, 2.05) is 0 Å². The first-order valence-corrected chi connectivity index (χ1v) is 7.39. The van der Waals surface area contributed by atoms with Gasteiger partial charge in [0.05, 0.1) is 18.8 Å². The fourth-order valence-electron chi connectivity index (χ4n) is 2.70. The lowest BCUT2D eigenvalue weighted by atomic mass is 10.0. The van der Waals surface area contributed by atoms with Crippen LogP contribution in [0.1, 0.15) is 38.4 Å². The number of nitrogens with zero attached hydrogens (tertiary/aromatic N) is 1. The molecule has 1 aliphatic heterocycles. The Bertz CT molecular complexity index is 409. The van der Waals surface area contributed by atoms with E-state index in [0.29, 0.717) is 12.5 Å². The second-order valence-electron chi connectivity index (χ2n) is 5.56. The first-order valence-electron chi connectivity index (χ1n) is 7.39. The molecular weight excluding hydrogens is 257 g/mol. The largest absolute Gasteiger partial charge is 0.388 e. The Morgan fingerprint density at radius 3 is 2.75 bits per heavy atom. The molecular formula is C16H24FNO2. The molecule has 20 heavy (non-hydrogen) atoms. The van der Waals surface area contributed by atoms with Crippen molar-refractivity contribution in [3.63, 3.8) is 0 Å². The summed E-state index contributed by atoms with van der Waals surface area (Å²) < 4.78 is 18.5. The van der Waals surface area contributed by atoms with E-state index >= 15 is 0 Å².